The second-order valence-electron chi connectivity index (χ2n) is 8.66. The Morgan fingerprint density at radius 3 is 2.54 bits per heavy atom. The summed E-state index contributed by atoms with van der Waals surface area (Å²) in [5, 5.41) is 4.23. The van der Waals surface area contributed by atoms with Crippen molar-refractivity contribution in [2.45, 2.75) is 6.61 Å². The normalized spacial score (nSPS) is 14.2. The van der Waals surface area contributed by atoms with Crippen LogP contribution in [0, 0.1) is 5.82 Å². The van der Waals surface area contributed by atoms with Crippen molar-refractivity contribution in [2.75, 3.05) is 19.0 Å². The predicted molar refractivity (Wildman–Crippen MR) is 149 cm³/mol. The fraction of sp³-hybridized carbons (Fsp3) is 0.100. The highest BCUT2D eigenvalue weighted by molar-refractivity contribution is 8.18. The minimum absolute atomic E-state index is 0.182. The molecule has 0 unspecified atom stereocenters. The molecule has 1 heterocycles. The SMILES string of the molecule is COc1cc(/C=C2\SC(=O)N(CC(=O)Nc3ccc(F)cc3)C2=O)ccc1OCc1cccc2ccccc12. The van der Waals surface area contributed by atoms with Gasteiger partial charge in [0.05, 0.1) is 12.0 Å². The molecule has 1 saturated heterocycles. The van der Waals surface area contributed by atoms with Gasteiger partial charge in [-0.1, -0.05) is 48.5 Å². The van der Waals surface area contributed by atoms with Gasteiger partial charge in [-0.05, 0) is 76.1 Å². The van der Waals surface area contributed by atoms with E-state index in [4.69, 9.17) is 9.47 Å². The van der Waals surface area contributed by atoms with E-state index in [9.17, 15) is 18.8 Å². The number of hydrogen-bond donors (Lipinski definition) is 1. The average molecular weight is 543 g/mol. The molecule has 3 amide bonds. The topological polar surface area (TPSA) is 84.9 Å². The molecule has 0 bridgehead atoms. The van der Waals surface area contributed by atoms with Crippen LogP contribution in [0.5, 0.6) is 11.5 Å². The average Bonchev–Trinajstić information content (AvgIpc) is 3.20. The van der Waals surface area contributed by atoms with Crippen LogP contribution in [0.1, 0.15) is 11.1 Å². The van der Waals surface area contributed by atoms with E-state index in [0.29, 0.717) is 29.4 Å². The first-order valence-corrected chi connectivity index (χ1v) is 12.8. The molecule has 0 aromatic heterocycles. The molecule has 7 nitrogen and oxygen atoms in total. The molecule has 1 aliphatic rings. The van der Waals surface area contributed by atoms with Crippen LogP contribution in [0.4, 0.5) is 14.9 Å². The zero-order valence-electron chi connectivity index (χ0n) is 20.8. The van der Waals surface area contributed by atoms with Crippen molar-refractivity contribution in [3.63, 3.8) is 0 Å². The first-order valence-electron chi connectivity index (χ1n) is 12.0. The maximum atomic E-state index is 13.1. The Hall–Kier alpha value is -4.63. The van der Waals surface area contributed by atoms with Gasteiger partial charge in [-0.3, -0.25) is 19.3 Å². The zero-order chi connectivity index (χ0) is 27.4. The molecule has 39 heavy (non-hydrogen) atoms. The summed E-state index contributed by atoms with van der Waals surface area (Å²) in [6.07, 6.45) is 1.57. The van der Waals surface area contributed by atoms with Crippen LogP contribution < -0.4 is 14.8 Å². The number of nitrogens with zero attached hydrogens (tertiary/aromatic N) is 1. The zero-order valence-corrected chi connectivity index (χ0v) is 21.7. The number of imide groups is 1. The molecule has 0 spiro atoms. The Labute approximate surface area is 228 Å². The quantitative estimate of drug-likeness (QED) is 0.265. The maximum absolute atomic E-state index is 13.1. The summed E-state index contributed by atoms with van der Waals surface area (Å²) < 4.78 is 24.6. The lowest BCUT2D eigenvalue weighted by Gasteiger charge is -2.13. The van der Waals surface area contributed by atoms with Crippen LogP contribution >= 0.6 is 11.8 Å². The molecule has 0 saturated carbocycles. The summed E-state index contributed by atoms with van der Waals surface area (Å²) in [5.41, 5.74) is 2.03. The molecule has 0 radical (unpaired) electrons. The monoisotopic (exact) mass is 542 g/mol. The van der Waals surface area contributed by atoms with Gasteiger partial charge in [0.2, 0.25) is 5.91 Å². The van der Waals surface area contributed by atoms with Crippen LogP contribution in [0.3, 0.4) is 0 Å². The highest BCUT2D eigenvalue weighted by Gasteiger charge is 2.36. The Kier molecular flexibility index (Phi) is 7.60. The minimum Gasteiger partial charge on any atom is -0.493 e. The predicted octanol–water partition coefficient (Wildman–Crippen LogP) is 6.24. The summed E-state index contributed by atoms with van der Waals surface area (Å²) in [6.45, 7) is -0.112. The number of carbonyl (C=O) groups excluding carboxylic acids is 3. The molecule has 1 N–H and O–H groups in total. The number of carbonyl (C=O) groups is 3. The summed E-state index contributed by atoms with van der Waals surface area (Å²) in [7, 11) is 1.53. The van der Waals surface area contributed by atoms with E-state index < -0.39 is 29.4 Å². The van der Waals surface area contributed by atoms with Gasteiger partial charge in [0.15, 0.2) is 11.5 Å². The lowest BCUT2D eigenvalue weighted by atomic mass is 10.1. The molecule has 4 aromatic rings. The van der Waals surface area contributed by atoms with Gasteiger partial charge in [-0.25, -0.2) is 4.39 Å². The van der Waals surface area contributed by atoms with Gasteiger partial charge in [-0.15, -0.1) is 0 Å². The summed E-state index contributed by atoms with van der Waals surface area (Å²) >= 11 is 0.750. The fourth-order valence-corrected chi connectivity index (χ4v) is 4.97. The highest BCUT2D eigenvalue weighted by Crippen LogP contribution is 2.35. The fourth-order valence-electron chi connectivity index (χ4n) is 4.13. The van der Waals surface area contributed by atoms with Gasteiger partial charge in [0, 0.05) is 5.69 Å². The van der Waals surface area contributed by atoms with Crippen LogP contribution in [-0.2, 0) is 16.2 Å². The molecule has 1 fully saturated rings. The van der Waals surface area contributed by atoms with Crippen molar-refractivity contribution in [1.82, 2.24) is 4.90 Å². The molecule has 0 aliphatic carbocycles. The first-order chi connectivity index (χ1) is 18.9. The van der Waals surface area contributed by atoms with Crippen molar-refractivity contribution in [3.05, 3.63) is 107 Å². The number of halogens is 1. The van der Waals surface area contributed by atoms with E-state index in [1.165, 1.54) is 31.4 Å². The number of fused-ring (bicyclic) bond motifs is 1. The van der Waals surface area contributed by atoms with Crippen molar-refractivity contribution in [1.29, 1.82) is 0 Å². The van der Waals surface area contributed by atoms with E-state index in [1.807, 2.05) is 42.5 Å². The van der Waals surface area contributed by atoms with E-state index in [0.717, 1.165) is 33.0 Å². The lowest BCUT2D eigenvalue weighted by molar-refractivity contribution is -0.127. The third-order valence-electron chi connectivity index (χ3n) is 6.05. The second kappa shape index (κ2) is 11.4. The molecule has 9 heteroatoms. The molecular weight excluding hydrogens is 519 g/mol. The van der Waals surface area contributed by atoms with Crippen molar-refractivity contribution in [3.8, 4) is 11.5 Å². The summed E-state index contributed by atoms with van der Waals surface area (Å²) in [6, 6.07) is 24.5. The minimum atomic E-state index is -0.575. The molecule has 1 aliphatic heterocycles. The first kappa shape index (κ1) is 26.0. The number of amides is 3. The molecule has 4 aromatic carbocycles. The molecular formula is C30H23FN2O5S. The molecule has 0 atom stereocenters. The summed E-state index contributed by atoms with van der Waals surface area (Å²) in [4.78, 5) is 38.7. The third-order valence-corrected chi connectivity index (χ3v) is 6.96. The number of anilines is 1. The lowest BCUT2D eigenvalue weighted by Crippen LogP contribution is -2.36. The van der Waals surface area contributed by atoms with Gasteiger partial charge in [-0.2, -0.15) is 0 Å². The Morgan fingerprint density at radius 2 is 1.74 bits per heavy atom. The highest BCUT2D eigenvalue weighted by atomic mass is 32.2. The molecule has 5 rings (SSSR count). The number of hydrogen-bond acceptors (Lipinski definition) is 6. The number of methoxy groups -OCH3 is 1. The van der Waals surface area contributed by atoms with Gasteiger partial charge < -0.3 is 14.8 Å². The van der Waals surface area contributed by atoms with E-state index in [1.54, 1.807) is 24.3 Å². The number of benzene rings is 4. The van der Waals surface area contributed by atoms with Crippen LogP contribution in [0.25, 0.3) is 16.8 Å². The number of nitrogens with one attached hydrogen (secondary N) is 1. The van der Waals surface area contributed by atoms with Crippen molar-refractivity contribution in [2.24, 2.45) is 0 Å². The number of thioether (sulfide) groups is 1. The summed E-state index contributed by atoms with van der Waals surface area (Å²) in [5.74, 6) is -0.575. The smallest absolute Gasteiger partial charge is 0.294 e. The maximum Gasteiger partial charge on any atom is 0.294 e. The van der Waals surface area contributed by atoms with Gasteiger partial charge >= 0.3 is 0 Å². The van der Waals surface area contributed by atoms with E-state index in [2.05, 4.69) is 5.32 Å². The standard InChI is InChI=1S/C30H23FN2O5S/c1-37-26-15-19(9-14-25(26)38-18-21-7-4-6-20-5-2-3-8-24(20)21)16-27-29(35)33(30(36)39-27)17-28(34)32-23-12-10-22(31)11-13-23/h2-16H,17-18H2,1H3,(H,32,34)/b27-16-. The number of rotatable bonds is 8. The van der Waals surface area contributed by atoms with Crippen LogP contribution in [0.2, 0.25) is 0 Å². The van der Waals surface area contributed by atoms with Crippen LogP contribution in [-0.4, -0.2) is 35.6 Å². The third kappa shape index (κ3) is 5.94. The Bertz CT molecular complexity index is 1600. The molecule has 196 valence electrons. The Morgan fingerprint density at radius 1 is 0.974 bits per heavy atom. The van der Waals surface area contributed by atoms with Gasteiger partial charge in [0.1, 0.15) is 19.0 Å². The van der Waals surface area contributed by atoms with Crippen molar-refractivity contribution < 1.29 is 28.2 Å². The largest absolute Gasteiger partial charge is 0.493 e. The van der Waals surface area contributed by atoms with E-state index in [-0.39, 0.29) is 4.91 Å². The number of ether oxygens (including phenoxy) is 2. The Balaban J connectivity index is 1.26. The van der Waals surface area contributed by atoms with Crippen molar-refractivity contribution >= 4 is 51.4 Å². The second-order valence-corrected chi connectivity index (χ2v) is 9.65. The van der Waals surface area contributed by atoms with Crippen LogP contribution in [0.15, 0.2) is 89.8 Å². The van der Waals surface area contributed by atoms with E-state index >= 15 is 0 Å². The van der Waals surface area contributed by atoms with Gasteiger partial charge in [0.25, 0.3) is 11.1 Å².